The third-order valence-corrected chi connectivity index (χ3v) is 7.56. The van der Waals surface area contributed by atoms with Crippen molar-refractivity contribution in [1.82, 2.24) is 4.57 Å². The fraction of sp³-hybridized carbons (Fsp3) is 0.222. The molecule has 0 N–H and O–H groups in total. The number of thioether (sulfide) groups is 1. The van der Waals surface area contributed by atoms with Gasteiger partial charge in [0, 0.05) is 12.6 Å². The highest BCUT2D eigenvalue weighted by atomic mass is 32.2. The first kappa shape index (κ1) is 17.1. The molecule has 5 rings (SSSR count). The predicted molar refractivity (Wildman–Crippen MR) is 111 cm³/mol. The van der Waals surface area contributed by atoms with Crippen LogP contribution >= 0.6 is 34.4 Å². The van der Waals surface area contributed by atoms with Crippen LogP contribution in [-0.2, 0) is 25.7 Å². The van der Waals surface area contributed by atoms with Gasteiger partial charge in [-0.2, -0.15) is 10.3 Å². The van der Waals surface area contributed by atoms with Gasteiger partial charge in [-0.05, 0) is 30.0 Å². The van der Waals surface area contributed by atoms with E-state index in [1.165, 1.54) is 38.2 Å². The summed E-state index contributed by atoms with van der Waals surface area (Å²) in [7, 11) is 0. The minimum absolute atomic E-state index is 0.0889. The molecule has 2 aromatic carbocycles. The molecule has 3 heterocycles. The summed E-state index contributed by atoms with van der Waals surface area (Å²) in [5.74, 6) is 1.83. The topological polar surface area (TPSA) is 25.9 Å². The van der Waals surface area contributed by atoms with Gasteiger partial charge in [-0.3, -0.25) is 4.79 Å². The van der Waals surface area contributed by atoms with Crippen LogP contribution < -0.4 is 9.44 Å². The number of benzene rings is 2. The van der Waals surface area contributed by atoms with E-state index >= 15 is 0 Å². The first-order valence-corrected chi connectivity index (χ1v) is 11.2. The minimum atomic E-state index is 0.0889. The van der Waals surface area contributed by atoms with E-state index in [4.69, 9.17) is 12.6 Å². The second-order valence-corrected chi connectivity index (χ2v) is 9.30. The molecule has 25 heavy (non-hydrogen) atoms. The number of nitrogens with zero attached hydrogens (tertiary/aromatic N) is 2. The molecule has 0 bridgehead atoms. The van der Waals surface area contributed by atoms with Crippen molar-refractivity contribution >= 4 is 67.5 Å². The van der Waals surface area contributed by atoms with Gasteiger partial charge in [-0.15, -0.1) is 0 Å². The zero-order valence-electron chi connectivity index (χ0n) is 13.4. The maximum Gasteiger partial charge on any atom is 0.308 e. The molecule has 0 radical (unpaired) electrons. The van der Waals surface area contributed by atoms with Gasteiger partial charge >= 0.3 is 4.87 Å². The number of fused-ring (bicyclic) bond motifs is 4. The standard InChI is InChI=1S/C9H9NOS2.C9H8NS2/c11-9-10(5-6-12)7-3-1-2-4-8(7)13-9;1-2-4-8-7(3-1)10-5-6-11-9(10)12-8/h1-4,12H,5-6H2;1-4H,5-6H2/q;+1/p-1. The zero-order valence-corrected chi connectivity index (χ0v) is 16.6. The lowest BCUT2D eigenvalue weighted by molar-refractivity contribution is -0.692. The number of thiazole rings is 2. The summed E-state index contributed by atoms with van der Waals surface area (Å²) in [6, 6.07) is 16.4. The molecule has 2 aromatic heterocycles. The maximum absolute atomic E-state index is 11.5. The molecular weight excluding hydrogens is 388 g/mol. The van der Waals surface area contributed by atoms with Crippen LogP contribution in [0.2, 0.25) is 0 Å². The van der Waals surface area contributed by atoms with Crippen molar-refractivity contribution in [2.75, 3.05) is 11.5 Å². The summed E-state index contributed by atoms with van der Waals surface area (Å²) in [5, 5.41) is 0. The Hall–Kier alpha value is -1.28. The molecule has 0 atom stereocenters. The monoisotopic (exact) mass is 404 g/mol. The average Bonchev–Trinajstić information content (AvgIpc) is 3.29. The van der Waals surface area contributed by atoms with Crippen LogP contribution in [0.3, 0.4) is 0 Å². The highest BCUT2D eigenvalue weighted by Gasteiger charge is 2.25. The molecule has 0 aliphatic carbocycles. The van der Waals surface area contributed by atoms with Crippen molar-refractivity contribution in [3.05, 3.63) is 58.2 Å². The third kappa shape index (κ3) is 3.38. The number of hydrogen-bond acceptors (Lipinski definition) is 5. The number of aryl methyl sites for hydroxylation is 2. The highest BCUT2D eigenvalue weighted by molar-refractivity contribution is 8.01. The van der Waals surface area contributed by atoms with Gasteiger partial charge in [0.25, 0.3) is 4.34 Å². The van der Waals surface area contributed by atoms with Crippen LogP contribution in [0.15, 0.2) is 57.7 Å². The van der Waals surface area contributed by atoms with Crippen molar-refractivity contribution < 1.29 is 4.57 Å². The molecule has 0 fully saturated rings. The number of para-hydroxylation sites is 2. The molecule has 3 nitrogen and oxygen atoms in total. The van der Waals surface area contributed by atoms with E-state index in [1.54, 1.807) is 4.57 Å². The highest BCUT2D eigenvalue weighted by Crippen LogP contribution is 2.31. The van der Waals surface area contributed by atoms with Gasteiger partial charge in [0.05, 0.1) is 16.0 Å². The number of hydrogen-bond donors (Lipinski definition) is 0. The lowest BCUT2D eigenvalue weighted by Gasteiger charge is -2.04. The Morgan fingerprint density at radius 1 is 1.04 bits per heavy atom. The average molecular weight is 405 g/mol. The zero-order chi connectivity index (χ0) is 17.2. The van der Waals surface area contributed by atoms with Gasteiger partial charge in [0.1, 0.15) is 4.70 Å². The van der Waals surface area contributed by atoms with Gasteiger partial charge < -0.3 is 17.2 Å². The molecule has 0 saturated heterocycles. The molecule has 0 amide bonds. The normalized spacial score (nSPS) is 13.0. The van der Waals surface area contributed by atoms with Crippen LogP contribution in [0.4, 0.5) is 0 Å². The fourth-order valence-corrected chi connectivity index (χ4v) is 6.44. The largest absolute Gasteiger partial charge is 0.791 e. The summed E-state index contributed by atoms with van der Waals surface area (Å²) in [4.78, 5) is 11.6. The lowest BCUT2D eigenvalue weighted by atomic mass is 10.3. The Labute approximate surface area is 163 Å². The first-order valence-electron chi connectivity index (χ1n) is 7.98. The van der Waals surface area contributed by atoms with Crippen molar-refractivity contribution in [1.29, 1.82) is 0 Å². The summed E-state index contributed by atoms with van der Waals surface area (Å²) in [6.45, 7) is 1.82. The van der Waals surface area contributed by atoms with Crippen molar-refractivity contribution in [3.63, 3.8) is 0 Å². The summed E-state index contributed by atoms with van der Waals surface area (Å²) in [5.41, 5.74) is 2.41. The lowest BCUT2D eigenvalue weighted by Crippen LogP contribution is -2.30. The van der Waals surface area contributed by atoms with E-state index < -0.39 is 0 Å². The Balaban J connectivity index is 0.000000126. The molecule has 0 spiro atoms. The van der Waals surface area contributed by atoms with Gasteiger partial charge in [0.2, 0.25) is 5.52 Å². The van der Waals surface area contributed by atoms with Crippen LogP contribution in [0, 0.1) is 0 Å². The SMILES string of the molecule is O=c1sc2ccccc2n1CC[S-].c1ccc2c(c1)sc1[n+]2CCS1. The number of aromatic nitrogens is 2. The van der Waals surface area contributed by atoms with Gasteiger partial charge in [-0.25, -0.2) is 0 Å². The molecule has 1 aliphatic rings. The Kier molecular flexibility index (Phi) is 5.17. The fourth-order valence-electron chi connectivity index (χ4n) is 2.87. The Morgan fingerprint density at radius 2 is 1.80 bits per heavy atom. The predicted octanol–water partition coefficient (Wildman–Crippen LogP) is 3.90. The van der Waals surface area contributed by atoms with Gasteiger partial charge in [0.15, 0.2) is 6.54 Å². The molecular formula is C18H16N2OS4. The summed E-state index contributed by atoms with van der Waals surface area (Å²) < 4.78 is 8.09. The Morgan fingerprint density at radius 3 is 2.64 bits per heavy atom. The quantitative estimate of drug-likeness (QED) is 0.374. The smallest absolute Gasteiger partial charge is 0.308 e. The van der Waals surface area contributed by atoms with E-state index in [2.05, 4.69) is 28.8 Å². The summed E-state index contributed by atoms with van der Waals surface area (Å²) in [6.07, 6.45) is 0. The van der Waals surface area contributed by atoms with E-state index in [9.17, 15) is 4.79 Å². The molecule has 0 saturated carbocycles. The molecule has 7 heteroatoms. The summed E-state index contributed by atoms with van der Waals surface area (Å²) >= 11 is 10.0. The third-order valence-electron chi connectivity index (χ3n) is 4.00. The van der Waals surface area contributed by atoms with E-state index in [-0.39, 0.29) is 4.87 Å². The van der Waals surface area contributed by atoms with Crippen LogP contribution in [-0.4, -0.2) is 16.1 Å². The van der Waals surface area contributed by atoms with Crippen molar-refractivity contribution in [3.8, 4) is 0 Å². The van der Waals surface area contributed by atoms with E-state index in [0.717, 1.165) is 10.2 Å². The van der Waals surface area contributed by atoms with Crippen LogP contribution in [0.1, 0.15) is 0 Å². The second kappa shape index (κ2) is 7.53. The molecule has 128 valence electrons. The van der Waals surface area contributed by atoms with Crippen molar-refractivity contribution in [2.45, 2.75) is 17.4 Å². The maximum atomic E-state index is 11.5. The van der Waals surface area contributed by atoms with Crippen molar-refractivity contribution in [2.24, 2.45) is 0 Å². The van der Waals surface area contributed by atoms with E-state index in [1.807, 2.05) is 47.4 Å². The first-order chi connectivity index (χ1) is 12.3. The number of rotatable bonds is 2. The minimum Gasteiger partial charge on any atom is -0.791 e. The molecule has 1 aliphatic heterocycles. The van der Waals surface area contributed by atoms with Gasteiger partial charge in [-0.1, -0.05) is 46.9 Å². The van der Waals surface area contributed by atoms with E-state index in [0.29, 0.717) is 12.3 Å². The molecule has 4 aromatic rings. The van der Waals surface area contributed by atoms with Crippen LogP contribution in [0.5, 0.6) is 0 Å². The second-order valence-electron chi connectivity index (χ2n) is 5.53. The Bertz CT molecular complexity index is 1080. The van der Waals surface area contributed by atoms with Crippen LogP contribution in [0.25, 0.3) is 20.4 Å². The molecule has 0 unspecified atom stereocenters.